The third-order valence-electron chi connectivity index (χ3n) is 6.48. The summed E-state index contributed by atoms with van der Waals surface area (Å²) in [5, 5.41) is 1.52. The zero-order valence-corrected chi connectivity index (χ0v) is 19.5. The maximum atomic E-state index is 13.1. The molecule has 1 N–H and O–H groups in total. The van der Waals surface area contributed by atoms with E-state index in [4.69, 9.17) is 35.3 Å². The molecule has 1 amide bonds. The Morgan fingerprint density at radius 1 is 0.941 bits per heavy atom. The predicted octanol–water partition coefficient (Wildman–Crippen LogP) is 0.342. The number of piperidine rings is 1. The number of ether oxygens (including phenoxy) is 6. The van der Waals surface area contributed by atoms with E-state index in [0.717, 1.165) is 27.9 Å². The van der Waals surface area contributed by atoms with Crippen molar-refractivity contribution in [3.63, 3.8) is 0 Å². The molecule has 1 spiro atoms. The summed E-state index contributed by atoms with van der Waals surface area (Å²) in [6.07, 6.45) is -3.29. The molecule has 34 heavy (non-hydrogen) atoms. The highest BCUT2D eigenvalue weighted by Crippen LogP contribution is 2.60. The predicted molar refractivity (Wildman–Crippen MR) is 109 cm³/mol. The summed E-state index contributed by atoms with van der Waals surface area (Å²) in [7, 11) is 1.07. The molecule has 3 heterocycles. The lowest BCUT2D eigenvalue weighted by molar-refractivity contribution is -0.242. The fourth-order valence-corrected chi connectivity index (χ4v) is 5.86. The van der Waals surface area contributed by atoms with Gasteiger partial charge in [0.1, 0.15) is 5.60 Å². The number of halogens is 1. The van der Waals surface area contributed by atoms with Gasteiger partial charge in [-0.3, -0.25) is 19.2 Å². The third kappa shape index (κ3) is 3.88. The van der Waals surface area contributed by atoms with Gasteiger partial charge in [-0.1, -0.05) is 17.7 Å². The second kappa shape index (κ2) is 8.42. The fourth-order valence-electron chi connectivity index (χ4n) is 5.51. The van der Waals surface area contributed by atoms with Crippen LogP contribution in [0.15, 0.2) is 12.2 Å². The number of carbonyl (C=O) groups excluding carboxylic acids is 5. The van der Waals surface area contributed by atoms with Crippen molar-refractivity contribution in [2.45, 2.75) is 68.3 Å². The zero-order chi connectivity index (χ0) is 25.0. The molecule has 3 aliphatic heterocycles. The van der Waals surface area contributed by atoms with E-state index in [1.807, 2.05) is 0 Å². The summed E-state index contributed by atoms with van der Waals surface area (Å²) in [6, 6.07) is -1.09. The Morgan fingerprint density at radius 2 is 1.50 bits per heavy atom. The van der Waals surface area contributed by atoms with E-state index < -0.39 is 82.9 Å². The van der Waals surface area contributed by atoms with Gasteiger partial charge in [0.05, 0.1) is 25.0 Å². The molecule has 12 nitrogen and oxygen atoms in total. The minimum absolute atomic E-state index is 0.140. The number of carbonyl (C=O) groups is 5. The van der Waals surface area contributed by atoms with Gasteiger partial charge in [-0.25, -0.2) is 4.79 Å². The van der Waals surface area contributed by atoms with Gasteiger partial charge in [0.25, 0.3) is 0 Å². The van der Waals surface area contributed by atoms with Gasteiger partial charge >= 0.3 is 24.1 Å². The molecule has 13 heteroatoms. The Hall–Kier alpha value is -2.86. The van der Waals surface area contributed by atoms with Crippen LogP contribution in [-0.2, 0) is 47.6 Å². The molecule has 9 atom stereocenters. The van der Waals surface area contributed by atoms with Crippen molar-refractivity contribution in [1.29, 1.82) is 0 Å². The molecular weight excluding hydrogens is 478 g/mol. The molecule has 2 bridgehead atoms. The Bertz CT molecular complexity index is 966. The summed E-state index contributed by atoms with van der Waals surface area (Å²) in [5.74, 6) is -4.45. The van der Waals surface area contributed by atoms with Crippen molar-refractivity contribution >= 4 is 41.6 Å². The molecule has 2 saturated heterocycles. The molecule has 0 radical (unpaired) electrons. The molecule has 0 aromatic heterocycles. The molecule has 3 unspecified atom stereocenters. The normalized spacial score (nSPS) is 41.4. The van der Waals surface area contributed by atoms with E-state index in [0.29, 0.717) is 0 Å². The Kier molecular flexibility index (Phi) is 6.01. The molecular formula is C21H24ClNO11. The molecule has 1 saturated carbocycles. The second-order valence-corrected chi connectivity index (χ2v) is 9.29. The van der Waals surface area contributed by atoms with Crippen molar-refractivity contribution in [2.75, 3.05) is 7.11 Å². The maximum Gasteiger partial charge on any atom is 0.508 e. The number of fused-ring (bicyclic) bond motifs is 2. The second-order valence-electron chi connectivity index (χ2n) is 8.65. The SMILES string of the molecule is COC(=O)O[C@H]1[C@@H]2NC(=O)C3CC4(Cl)C=CC3(O4)[C@H]2[C@@H](OC(C)=O)[C@H](OC(C)=O)[C@H]1OC(C)=O. The van der Waals surface area contributed by atoms with Crippen molar-refractivity contribution in [3.05, 3.63) is 12.2 Å². The van der Waals surface area contributed by atoms with Gasteiger partial charge in [0.15, 0.2) is 29.5 Å². The average Bonchev–Trinajstić information content (AvgIpc) is 3.23. The molecule has 0 aromatic rings. The standard InChI is InChI=1S/C21H24ClNO11/c1-8(24)30-14-12-13(23-18(27)11-7-20(22)5-6-21(11,12)34-20)15(33-19(28)29-4)17(32-10(3)26)16(14)31-9(2)25/h5-6,11-17H,7H2,1-4H3,(H,23,27)/t11?,12-,13-,14-,15+,16+,17+,20?,21?/m1/s1. The van der Waals surface area contributed by atoms with E-state index in [1.165, 1.54) is 0 Å². The first-order valence-electron chi connectivity index (χ1n) is 10.6. The van der Waals surface area contributed by atoms with Crippen molar-refractivity contribution in [3.8, 4) is 0 Å². The molecule has 0 aromatic carbocycles. The number of hydrogen-bond acceptors (Lipinski definition) is 11. The van der Waals surface area contributed by atoms with Crippen LogP contribution in [0.4, 0.5) is 4.79 Å². The molecule has 1 aliphatic carbocycles. The first-order chi connectivity index (χ1) is 15.9. The quantitative estimate of drug-likeness (QED) is 0.245. The summed E-state index contributed by atoms with van der Waals surface area (Å²) >= 11 is 6.52. The summed E-state index contributed by atoms with van der Waals surface area (Å²) < 4.78 is 32.6. The van der Waals surface area contributed by atoms with Gasteiger partial charge in [-0.05, 0) is 6.08 Å². The molecule has 4 rings (SSSR count). The summed E-state index contributed by atoms with van der Waals surface area (Å²) in [6.45, 7) is 3.37. The van der Waals surface area contributed by atoms with E-state index >= 15 is 0 Å². The monoisotopic (exact) mass is 501 g/mol. The van der Waals surface area contributed by atoms with Crippen molar-refractivity contribution < 1.29 is 52.4 Å². The van der Waals surface area contributed by atoms with E-state index in [-0.39, 0.29) is 6.42 Å². The topological polar surface area (TPSA) is 153 Å². The first-order valence-corrected chi connectivity index (χ1v) is 10.9. The lowest BCUT2D eigenvalue weighted by atomic mass is 9.60. The van der Waals surface area contributed by atoms with Crippen LogP contribution in [0.5, 0.6) is 0 Å². The van der Waals surface area contributed by atoms with E-state index in [9.17, 15) is 24.0 Å². The van der Waals surface area contributed by atoms with Crippen LogP contribution >= 0.6 is 11.6 Å². The summed E-state index contributed by atoms with van der Waals surface area (Å²) in [4.78, 5) is 61.4. The zero-order valence-electron chi connectivity index (χ0n) is 18.8. The van der Waals surface area contributed by atoms with Crippen molar-refractivity contribution in [1.82, 2.24) is 5.32 Å². The average molecular weight is 502 g/mol. The smallest absolute Gasteiger partial charge is 0.458 e. The van der Waals surface area contributed by atoms with Crippen LogP contribution in [0.25, 0.3) is 0 Å². The number of methoxy groups -OCH3 is 1. The highest BCUT2D eigenvalue weighted by Gasteiger charge is 2.73. The molecule has 3 fully saturated rings. The largest absolute Gasteiger partial charge is 0.508 e. The van der Waals surface area contributed by atoms with Crippen molar-refractivity contribution in [2.24, 2.45) is 11.8 Å². The number of esters is 3. The first kappa shape index (κ1) is 24.3. The number of hydrogen-bond donors (Lipinski definition) is 1. The third-order valence-corrected chi connectivity index (χ3v) is 6.84. The lowest BCUT2D eigenvalue weighted by Gasteiger charge is -2.55. The number of alkyl halides is 1. The number of amides is 1. The highest BCUT2D eigenvalue weighted by molar-refractivity contribution is 6.25. The van der Waals surface area contributed by atoms with E-state index in [1.54, 1.807) is 12.2 Å². The van der Waals surface area contributed by atoms with Crippen LogP contribution in [-0.4, -0.2) is 78.2 Å². The lowest BCUT2D eigenvalue weighted by Crippen LogP contribution is -2.77. The van der Waals surface area contributed by atoms with Gasteiger partial charge in [-0.2, -0.15) is 0 Å². The van der Waals surface area contributed by atoms with Gasteiger partial charge < -0.3 is 33.7 Å². The van der Waals surface area contributed by atoms with Gasteiger partial charge in [-0.15, -0.1) is 0 Å². The number of nitrogens with one attached hydrogen (secondary N) is 1. The minimum Gasteiger partial charge on any atom is -0.458 e. The maximum absolute atomic E-state index is 13.1. The van der Waals surface area contributed by atoms with Crippen LogP contribution in [0.1, 0.15) is 27.2 Å². The van der Waals surface area contributed by atoms with Gasteiger partial charge in [0, 0.05) is 27.2 Å². The van der Waals surface area contributed by atoms with E-state index in [2.05, 4.69) is 10.1 Å². The number of rotatable bonds is 4. The Balaban J connectivity index is 1.89. The van der Waals surface area contributed by atoms with Crippen LogP contribution in [0.2, 0.25) is 0 Å². The van der Waals surface area contributed by atoms with Gasteiger partial charge in [0.2, 0.25) is 5.91 Å². The Labute approximate surface area is 199 Å². The minimum atomic E-state index is -1.45. The van der Waals surface area contributed by atoms with Crippen LogP contribution in [0, 0.1) is 11.8 Å². The fraction of sp³-hybridized carbons (Fsp3) is 0.667. The summed E-state index contributed by atoms with van der Waals surface area (Å²) in [5.41, 5.74) is -1.37. The highest BCUT2D eigenvalue weighted by atomic mass is 35.5. The Morgan fingerprint density at radius 3 is 2.03 bits per heavy atom. The molecule has 4 aliphatic rings. The molecule has 186 valence electrons. The van der Waals surface area contributed by atoms with Crippen LogP contribution in [0.3, 0.4) is 0 Å². The van der Waals surface area contributed by atoms with Crippen LogP contribution < -0.4 is 5.32 Å².